The maximum atomic E-state index is 5.27. The van der Waals surface area contributed by atoms with Gasteiger partial charge in [0.2, 0.25) is 0 Å². The van der Waals surface area contributed by atoms with E-state index in [9.17, 15) is 0 Å². The van der Waals surface area contributed by atoms with Crippen molar-refractivity contribution in [3.05, 3.63) is 0 Å². The van der Waals surface area contributed by atoms with Crippen LogP contribution in [0, 0.1) is 0 Å². The van der Waals surface area contributed by atoms with E-state index in [-0.39, 0.29) is 0 Å². The van der Waals surface area contributed by atoms with E-state index in [1.807, 2.05) is 0 Å². The minimum atomic E-state index is 0.831. The van der Waals surface area contributed by atoms with Gasteiger partial charge in [-0.2, -0.15) is 0 Å². The highest BCUT2D eigenvalue weighted by Gasteiger charge is 2.30. The number of hydrogen-bond donors (Lipinski definition) is 0. The third-order valence-corrected chi connectivity index (χ3v) is 2.47. The Bertz CT molecular complexity index is 134. The van der Waals surface area contributed by atoms with Gasteiger partial charge in [-0.25, -0.2) is 0 Å². The van der Waals surface area contributed by atoms with Crippen LogP contribution >= 0.6 is 0 Å². The lowest BCUT2D eigenvalue weighted by molar-refractivity contribution is 0.0249. The minimum Gasteiger partial charge on any atom is -0.379 e. The van der Waals surface area contributed by atoms with E-state index in [1.165, 1.54) is 6.54 Å². The van der Waals surface area contributed by atoms with Crippen molar-refractivity contribution in [2.75, 3.05) is 39.5 Å². The molecule has 0 aromatic carbocycles. The molecule has 2 fully saturated rings. The Hall–Kier alpha value is -0.120. The normalized spacial score (nSPS) is 39.0. The molecule has 0 spiro atoms. The van der Waals surface area contributed by atoms with Crippen molar-refractivity contribution in [3.63, 3.8) is 0 Å². The van der Waals surface area contributed by atoms with Gasteiger partial charge in [-0.05, 0) is 6.92 Å². The molecule has 3 nitrogen and oxygen atoms in total. The van der Waals surface area contributed by atoms with E-state index < -0.39 is 0 Å². The molecular formula is C8H16N2O. The molecule has 0 N–H and O–H groups in total. The lowest BCUT2D eigenvalue weighted by Gasteiger charge is -2.26. The molecule has 2 unspecified atom stereocenters. The maximum absolute atomic E-state index is 5.27. The first-order chi connectivity index (χ1) is 5.36. The predicted octanol–water partition coefficient (Wildman–Crippen LogP) is -0.0198. The number of ether oxygens (including phenoxy) is 1. The Balaban J connectivity index is 1.68. The van der Waals surface area contributed by atoms with E-state index in [0.717, 1.165) is 39.0 Å². The van der Waals surface area contributed by atoms with Crippen LogP contribution in [0.2, 0.25) is 0 Å². The molecule has 2 saturated heterocycles. The Morgan fingerprint density at radius 2 is 2.00 bits per heavy atom. The van der Waals surface area contributed by atoms with E-state index >= 15 is 0 Å². The quantitative estimate of drug-likeness (QED) is 0.522. The van der Waals surface area contributed by atoms with Crippen molar-refractivity contribution in [1.82, 2.24) is 9.80 Å². The van der Waals surface area contributed by atoms with Gasteiger partial charge in [0.15, 0.2) is 0 Å². The summed E-state index contributed by atoms with van der Waals surface area (Å²) in [7, 11) is 0. The molecule has 2 aliphatic rings. The zero-order chi connectivity index (χ0) is 7.68. The van der Waals surface area contributed by atoms with Gasteiger partial charge in [0.25, 0.3) is 0 Å². The van der Waals surface area contributed by atoms with Crippen molar-refractivity contribution >= 4 is 0 Å². The molecule has 0 saturated carbocycles. The van der Waals surface area contributed by atoms with E-state index in [2.05, 4.69) is 16.7 Å². The van der Waals surface area contributed by atoms with E-state index in [4.69, 9.17) is 4.74 Å². The summed E-state index contributed by atoms with van der Waals surface area (Å²) in [5.41, 5.74) is 0. The zero-order valence-corrected chi connectivity index (χ0v) is 7.12. The summed E-state index contributed by atoms with van der Waals surface area (Å²) in [5, 5.41) is 0. The standard InChI is InChI=1S/C8H16N2O/c1-8-6-10(8)7-9-2-4-11-5-3-9/h8H,2-7H2,1H3. The molecule has 0 aliphatic carbocycles. The molecule has 0 amide bonds. The first-order valence-corrected chi connectivity index (χ1v) is 4.40. The molecule has 2 aliphatic heterocycles. The van der Waals surface area contributed by atoms with Gasteiger partial charge >= 0.3 is 0 Å². The molecule has 64 valence electrons. The third-order valence-electron chi connectivity index (χ3n) is 2.47. The Morgan fingerprint density at radius 3 is 2.55 bits per heavy atom. The van der Waals surface area contributed by atoms with Crippen molar-refractivity contribution in [2.24, 2.45) is 0 Å². The van der Waals surface area contributed by atoms with Crippen LogP contribution in [0.5, 0.6) is 0 Å². The molecule has 2 rings (SSSR count). The molecule has 0 bridgehead atoms. The molecule has 11 heavy (non-hydrogen) atoms. The summed E-state index contributed by atoms with van der Waals surface area (Å²) in [5.74, 6) is 0. The van der Waals surface area contributed by atoms with Gasteiger partial charge < -0.3 is 4.74 Å². The van der Waals surface area contributed by atoms with E-state index in [0.29, 0.717) is 0 Å². The lowest BCUT2D eigenvalue weighted by atomic mass is 10.4. The summed E-state index contributed by atoms with van der Waals surface area (Å²) in [6.45, 7) is 8.79. The molecule has 0 aromatic heterocycles. The fraction of sp³-hybridized carbons (Fsp3) is 1.00. The first kappa shape index (κ1) is 7.53. The largest absolute Gasteiger partial charge is 0.379 e. The molecule has 2 atom stereocenters. The molecule has 3 heteroatoms. The Morgan fingerprint density at radius 1 is 1.36 bits per heavy atom. The van der Waals surface area contributed by atoms with Crippen LogP contribution in [0.4, 0.5) is 0 Å². The highest BCUT2D eigenvalue weighted by Crippen LogP contribution is 2.16. The Kier molecular flexibility index (Phi) is 2.11. The predicted molar refractivity (Wildman–Crippen MR) is 43.4 cm³/mol. The van der Waals surface area contributed by atoms with Gasteiger partial charge in [0, 0.05) is 25.7 Å². The van der Waals surface area contributed by atoms with E-state index in [1.54, 1.807) is 0 Å². The first-order valence-electron chi connectivity index (χ1n) is 4.40. The van der Waals surface area contributed by atoms with Gasteiger partial charge in [-0.1, -0.05) is 0 Å². The van der Waals surface area contributed by atoms with Crippen LogP contribution in [0.25, 0.3) is 0 Å². The highest BCUT2D eigenvalue weighted by molar-refractivity contribution is 4.84. The fourth-order valence-electron chi connectivity index (χ4n) is 1.49. The molecule has 2 heterocycles. The van der Waals surface area contributed by atoms with Gasteiger partial charge in [0.05, 0.1) is 19.9 Å². The second-order valence-corrected chi connectivity index (χ2v) is 3.49. The summed E-state index contributed by atoms with van der Waals surface area (Å²) in [6.07, 6.45) is 0. The highest BCUT2D eigenvalue weighted by atomic mass is 16.5. The smallest absolute Gasteiger partial charge is 0.0594 e. The minimum absolute atomic E-state index is 0.831. The second-order valence-electron chi connectivity index (χ2n) is 3.49. The number of hydrogen-bond acceptors (Lipinski definition) is 3. The zero-order valence-electron chi connectivity index (χ0n) is 7.12. The molecule has 0 aromatic rings. The van der Waals surface area contributed by atoms with Crippen molar-refractivity contribution in [2.45, 2.75) is 13.0 Å². The van der Waals surface area contributed by atoms with Crippen molar-refractivity contribution in [1.29, 1.82) is 0 Å². The monoisotopic (exact) mass is 156 g/mol. The molecule has 0 radical (unpaired) electrons. The summed E-state index contributed by atoms with van der Waals surface area (Å²) in [6, 6.07) is 0.831. The average Bonchev–Trinajstić information content (AvgIpc) is 2.69. The number of rotatable bonds is 2. The Labute approximate surface area is 67.9 Å². The maximum Gasteiger partial charge on any atom is 0.0594 e. The number of morpholine rings is 1. The summed E-state index contributed by atoms with van der Waals surface area (Å²) in [4.78, 5) is 4.94. The van der Waals surface area contributed by atoms with Crippen LogP contribution in [-0.2, 0) is 4.74 Å². The van der Waals surface area contributed by atoms with Crippen LogP contribution in [-0.4, -0.2) is 55.4 Å². The number of nitrogens with zero attached hydrogens (tertiary/aromatic N) is 2. The summed E-state index contributed by atoms with van der Waals surface area (Å²) >= 11 is 0. The van der Waals surface area contributed by atoms with Crippen LogP contribution in [0.1, 0.15) is 6.92 Å². The fourth-order valence-corrected chi connectivity index (χ4v) is 1.49. The second kappa shape index (κ2) is 3.09. The van der Waals surface area contributed by atoms with Crippen molar-refractivity contribution < 1.29 is 4.74 Å². The topological polar surface area (TPSA) is 15.5 Å². The summed E-state index contributed by atoms with van der Waals surface area (Å²) < 4.78 is 5.27. The van der Waals surface area contributed by atoms with Gasteiger partial charge in [0.1, 0.15) is 0 Å². The van der Waals surface area contributed by atoms with Crippen molar-refractivity contribution in [3.8, 4) is 0 Å². The van der Waals surface area contributed by atoms with Crippen LogP contribution in [0.3, 0.4) is 0 Å². The molecular weight excluding hydrogens is 140 g/mol. The van der Waals surface area contributed by atoms with Gasteiger partial charge in [-0.3, -0.25) is 9.80 Å². The van der Waals surface area contributed by atoms with Gasteiger partial charge in [-0.15, -0.1) is 0 Å². The van der Waals surface area contributed by atoms with Crippen LogP contribution in [0.15, 0.2) is 0 Å². The third kappa shape index (κ3) is 1.92. The SMILES string of the molecule is CC1CN1CN1CCOCC1. The lowest BCUT2D eigenvalue weighted by Crippen LogP contribution is -2.39. The van der Waals surface area contributed by atoms with Crippen LogP contribution < -0.4 is 0 Å². The average molecular weight is 156 g/mol.